The Morgan fingerprint density at radius 2 is 2.06 bits per heavy atom. The Hall–Kier alpha value is -1.21. The number of aromatic amines is 1. The molecule has 0 radical (unpaired) electrons. The summed E-state index contributed by atoms with van der Waals surface area (Å²) in [4.78, 5) is 16.0. The molecule has 1 amide bonds. The van der Waals surface area contributed by atoms with Crippen molar-refractivity contribution < 1.29 is 4.79 Å². The number of aryl methyl sites for hydroxylation is 1. The monoisotopic (exact) mass is 372 g/mol. The molecule has 18 heavy (non-hydrogen) atoms. The molecule has 2 rings (SSSR count). The molecule has 0 atom stereocenters. The lowest BCUT2D eigenvalue weighted by atomic mass is 10.3. The lowest BCUT2D eigenvalue weighted by Gasteiger charge is -2.07. The van der Waals surface area contributed by atoms with Crippen molar-refractivity contribution in [3.63, 3.8) is 0 Å². The Morgan fingerprint density at radius 1 is 1.39 bits per heavy atom. The number of carbonyl (C=O) groups excluding carboxylic acids is 1. The van der Waals surface area contributed by atoms with Crippen LogP contribution in [-0.4, -0.2) is 21.1 Å². The van der Waals surface area contributed by atoms with Gasteiger partial charge in [-0.3, -0.25) is 9.89 Å². The van der Waals surface area contributed by atoms with E-state index in [2.05, 4.69) is 52.4 Å². The number of hydrogen-bond donors (Lipinski definition) is 2. The number of rotatable bonds is 3. The zero-order valence-electron chi connectivity index (χ0n) is 9.50. The van der Waals surface area contributed by atoms with Crippen LogP contribution < -0.4 is 5.32 Å². The number of nitrogens with one attached hydrogen (secondary N) is 2. The largest absolute Gasteiger partial charge is 0.317 e. The van der Waals surface area contributed by atoms with Crippen molar-refractivity contribution in [2.24, 2.45) is 0 Å². The lowest BCUT2D eigenvalue weighted by Crippen LogP contribution is -2.14. The fourth-order valence-corrected chi connectivity index (χ4v) is 2.54. The van der Waals surface area contributed by atoms with Gasteiger partial charge in [-0.2, -0.15) is 0 Å². The van der Waals surface area contributed by atoms with E-state index in [1.165, 1.54) is 0 Å². The first-order valence-electron chi connectivity index (χ1n) is 5.28. The molecular formula is C11H10Br2N4O. The molecule has 0 spiro atoms. The van der Waals surface area contributed by atoms with Gasteiger partial charge in [-0.25, -0.2) is 4.98 Å². The Labute approximate surface area is 121 Å². The molecule has 0 bridgehead atoms. The number of carbonyl (C=O) groups is 1. The van der Waals surface area contributed by atoms with Crippen LogP contribution in [0.2, 0.25) is 0 Å². The van der Waals surface area contributed by atoms with Crippen LogP contribution >= 0.6 is 31.9 Å². The van der Waals surface area contributed by atoms with Crippen LogP contribution in [0.3, 0.4) is 0 Å². The van der Waals surface area contributed by atoms with Crippen molar-refractivity contribution >= 4 is 43.5 Å². The van der Waals surface area contributed by atoms with Crippen LogP contribution in [0.15, 0.2) is 27.1 Å². The van der Waals surface area contributed by atoms with Gasteiger partial charge in [0.15, 0.2) is 0 Å². The summed E-state index contributed by atoms with van der Waals surface area (Å²) >= 11 is 6.75. The highest BCUT2D eigenvalue weighted by atomic mass is 79.9. The van der Waals surface area contributed by atoms with E-state index < -0.39 is 0 Å². The molecule has 2 aromatic rings. The Bertz CT molecular complexity index is 562. The van der Waals surface area contributed by atoms with E-state index in [1.54, 1.807) is 0 Å². The fourth-order valence-electron chi connectivity index (χ4n) is 1.34. The molecule has 0 fully saturated rings. The van der Waals surface area contributed by atoms with Gasteiger partial charge in [0, 0.05) is 15.4 Å². The average molecular weight is 374 g/mol. The van der Waals surface area contributed by atoms with Gasteiger partial charge in [0.25, 0.3) is 5.91 Å². The Kier molecular flexibility index (Phi) is 4.13. The number of hydrogen-bond acceptors (Lipinski definition) is 3. The van der Waals surface area contributed by atoms with Gasteiger partial charge in [0.1, 0.15) is 5.82 Å². The third-order valence-corrected chi connectivity index (χ3v) is 3.59. The molecule has 1 aromatic carbocycles. The third-order valence-electron chi connectivity index (χ3n) is 2.27. The molecule has 0 aliphatic carbocycles. The maximum atomic E-state index is 12.0. The van der Waals surface area contributed by atoms with E-state index in [0.29, 0.717) is 17.9 Å². The fraction of sp³-hybridized carbons (Fsp3) is 0.182. The second-order valence-electron chi connectivity index (χ2n) is 3.51. The van der Waals surface area contributed by atoms with Crippen LogP contribution in [0.5, 0.6) is 0 Å². The summed E-state index contributed by atoms with van der Waals surface area (Å²) in [5.41, 5.74) is 0.658. The van der Waals surface area contributed by atoms with E-state index in [1.807, 2.05) is 25.1 Å². The number of amides is 1. The Morgan fingerprint density at radius 3 is 2.61 bits per heavy atom. The normalized spacial score (nSPS) is 10.4. The van der Waals surface area contributed by atoms with Gasteiger partial charge in [0.05, 0.1) is 5.69 Å². The highest BCUT2D eigenvalue weighted by Gasteiger charge is 2.14. The summed E-state index contributed by atoms with van der Waals surface area (Å²) in [5.74, 6) is 0.472. The zero-order chi connectivity index (χ0) is 13.1. The second-order valence-corrected chi connectivity index (χ2v) is 5.22. The number of para-hydroxylation sites is 1. The number of H-pyrrole nitrogens is 1. The molecule has 0 unspecified atom stereocenters. The first kappa shape index (κ1) is 13.2. The Balaban J connectivity index is 2.21. The molecule has 0 saturated heterocycles. The maximum absolute atomic E-state index is 12.0. The SMILES string of the molecule is CCc1nc(C(=O)Nc2c(Br)cccc2Br)n[nH]1. The van der Waals surface area contributed by atoms with Gasteiger partial charge >= 0.3 is 0 Å². The van der Waals surface area contributed by atoms with E-state index in [9.17, 15) is 4.79 Å². The van der Waals surface area contributed by atoms with E-state index in [4.69, 9.17) is 0 Å². The van der Waals surface area contributed by atoms with Crippen molar-refractivity contribution in [2.45, 2.75) is 13.3 Å². The topological polar surface area (TPSA) is 70.7 Å². The number of aromatic nitrogens is 3. The number of benzene rings is 1. The number of nitrogens with zero attached hydrogens (tertiary/aromatic N) is 2. The molecule has 0 saturated carbocycles. The molecular weight excluding hydrogens is 364 g/mol. The lowest BCUT2D eigenvalue weighted by molar-refractivity contribution is 0.101. The first-order chi connectivity index (χ1) is 8.61. The minimum absolute atomic E-state index is 0.134. The van der Waals surface area contributed by atoms with Crippen LogP contribution in [0.25, 0.3) is 0 Å². The van der Waals surface area contributed by atoms with Crippen molar-refractivity contribution in [1.29, 1.82) is 0 Å². The summed E-state index contributed by atoms with van der Waals surface area (Å²) in [5, 5.41) is 9.32. The molecule has 2 N–H and O–H groups in total. The average Bonchev–Trinajstić information content (AvgIpc) is 2.82. The van der Waals surface area contributed by atoms with E-state index >= 15 is 0 Å². The summed E-state index contributed by atoms with van der Waals surface area (Å²) in [6.45, 7) is 1.94. The minimum atomic E-state index is -0.349. The molecule has 1 heterocycles. The van der Waals surface area contributed by atoms with Gasteiger partial charge in [-0.15, -0.1) is 5.10 Å². The van der Waals surface area contributed by atoms with Crippen molar-refractivity contribution in [3.8, 4) is 0 Å². The van der Waals surface area contributed by atoms with E-state index in [-0.39, 0.29) is 11.7 Å². The molecule has 7 heteroatoms. The zero-order valence-corrected chi connectivity index (χ0v) is 12.7. The standard InChI is InChI=1S/C11H10Br2N4O/c1-2-8-14-10(17-16-8)11(18)15-9-6(12)4-3-5-7(9)13/h3-5H,2H2,1H3,(H,15,18)(H,14,16,17). The van der Waals surface area contributed by atoms with Gasteiger partial charge < -0.3 is 5.32 Å². The minimum Gasteiger partial charge on any atom is -0.317 e. The summed E-state index contributed by atoms with van der Waals surface area (Å²) in [6.07, 6.45) is 0.707. The first-order valence-corrected chi connectivity index (χ1v) is 6.87. The molecule has 1 aromatic heterocycles. The van der Waals surface area contributed by atoms with Crippen LogP contribution in [0.4, 0.5) is 5.69 Å². The smallest absolute Gasteiger partial charge is 0.295 e. The molecule has 94 valence electrons. The maximum Gasteiger partial charge on any atom is 0.295 e. The predicted molar refractivity (Wildman–Crippen MR) is 75.6 cm³/mol. The molecule has 0 aliphatic heterocycles. The predicted octanol–water partition coefficient (Wildman–Crippen LogP) is 3.14. The quantitative estimate of drug-likeness (QED) is 0.868. The van der Waals surface area contributed by atoms with Crippen LogP contribution in [0.1, 0.15) is 23.4 Å². The van der Waals surface area contributed by atoms with Gasteiger partial charge in [0.2, 0.25) is 5.82 Å². The summed E-state index contributed by atoms with van der Waals surface area (Å²) in [7, 11) is 0. The van der Waals surface area contributed by atoms with E-state index in [0.717, 1.165) is 8.95 Å². The van der Waals surface area contributed by atoms with Crippen molar-refractivity contribution in [1.82, 2.24) is 15.2 Å². The second kappa shape index (κ2) is 5.62. The summed E-state index contributed by atoms with van der Waals surface area (Å²) in [6, 6.07) is 5.55. The highest BCUT2D eigenvalue weighted by molar-refractivity contribution is 9.11. The summed E-state index contributed by atoms with van der Waals surface area (Å²) < 4.78 is 1.58. The third kappa shape index (κ3) is 2.78. The van der Waals surface area contributed by atoms with Crippen molar-refractivity contribution in [3.05, 3.63) is 38.8 Å². The highest BCUT2D eigenvalue weighted by Crippen LogP contribution is 2.30. The van der Waals surface area contributed by atoms with Crippen LogP contribution in [-0.2, 0) is 6.42 Å². The number of anilines is 1. The van der Waals surface area contributed by atoms with Gasteiger partial charge in [-0.05, 0) is 44.0 Å². The van der Waals surface area contributed by atoms with Crippen LogP contribution in [0, 0.1) is 0 Å². The molecule has 5 nitrogen and oxygen atoms in total. The number of halogens is 2. The van der Waals surface area contributed by atoms with Crippen molar-refractivity contribution in [2.75, 3.05) is 5.32 Å². The van der Waals surface area contributed by atoms with Gasteiger partial charge in [-0.1, -0.05) is 13.0 Å². The molecule has 0 aliphatic rings.